The molecule has 4 aliphatic carbocycles. The number of aliphatic hydroxyl groups excluding tert-OH is 16. The van der Waals surface area contributed by atoms with Gasteiger partial charge in [-0.25, -0.2) is 0 Å². The zero-order valence-electron chi connectivity index (χ0n) is 57.9. The molecule has 38 atom stereocenters. The third-order valence-corrected chi connectivity index (χ3v) is 24.9. The Morgan fingerprint density at radius 2 is 1.00 bits per heavy atom. The average molecular weight is 1430 g/mol. The van der Waals surface area contributed by atoms with Gasteiger partial charge >= 0.3 is 5.97 Å². The third kappa shape index (κ3) is 13.5. The van der Waals surface area contributed by atoms with Crippen LogP contribution in [-0.4, -0.2) is 331 Å². The average Bonchev–Trinajstić information content (AvgIpc) is 1.55. The van der Waals surface area contributed by atoms with E-state index in [-0.39, 0.29) is 23.7 Å². The van der Waals surface area contributed by atoms with Crippen LogP contribution in [0, 0.1) is 45.3 Å². The van der Waals surface area contributed by atoms with Gasteiger partial charge in [0, 0.05) is 20.1 Å². The fraction of sp³-hybridized carbons (Fsp3) is 0.955. The van der Waals surface area contributed by atoms with E-state index in [4.69, 9.17) is 71.1 Å². The number of hydrogen-bond donors (Lipinski definition) is 16. The van der Waals surface area contributed by atoms with Gasteiger partial charge in [0.05, 0.1) is 51.3 Å². The van der Waals surface area contributed by atoms with Gasteiger partial charge in [0.25, 0.3) is 0 Å². The molecule has 7 aliphatic heterocycles. The maximum atomic E-state index is 14.6. The summed E-state index contributed by atoms with van der Waals surface area (Å²) in [6.07, 6.45) is -42.1. The lowest BCUT2D eigenvalue weighted by atomic mass is 9.40. The minimum Gasteiger partial charge on any atom is -0.459 e. The van der Waals surface area contributed by atoms with Gasteiger partial charge in [0.2, 0.25) is 0 Å². The lowest BCUT2D eigenvalue weighted by Gasteiger charge is -2.64. The number of methoxy groups -OCH3 is 2. The molecule has 3 saturated carbocycles. The van der Waals surface area contributed by atoms with Crippen LogP contribution in [0.15, 0.2) is 11.6 Å². The number of cyclic esters (lactones) is 1. The molecule has 10 fully saturated rings. The van der Waals surface area contributed by atoms with Gasteiger partial charge in [-0.3, -0.25) is 4.79 Å². The van der Waals surface area contributed by atoms with E-state index in [0.717, 1.165) is 37.7 Å². The monoisotopic (exact) mass is 1430 g/mol. The van der Waals surface area contributed by atoms with E-state index in [2.05, 4.69) is 41.5 Å². The lowest BCUT2D eigenvalue weighted by Crippen LogP contribution is -2.67. The van der Waals surface area contributed by atoms with Crippen LogP contribution in [-0.2, 0) is 75.8 Å². The third-order valence-electron chi connectivity index (χ3n) is 24.9. The second-order valence-electron chi connectivity index (χ2n) is 31.2. The maximum Gasteiger partial charge on any atom is 0.316 e. The zero-order valence-corrected chi connectivity index (χ0v) is 57.9. The van der Waals surface area contributed by atoms with Gasteiger partial charge < -0.3 is 153 Å². The normalized spacial score (nSPS) is 52.9. The van der Waals surface area contributed by atoms with Crippen LogP contribution in [0.4, 0.5) is 0 Å². The number of esters is 1. The summed E-state index contributed by atoms with van der Waals surface area (Å²) in [5.74, 6) is -0.115. The topological polar surface area (TPSA) is 479 Å². The molecule has 32 nitrogen and oxygen atoms in total. The standard InChI is InChI=1S/C67H110O32/c1-26(2)12-11-17-66(8)36-15-19-65(7)28-13-14-35-63(4,5)38(16-18-64(35,6)29(28)20-37(72)67(36,65)62(84)99-66)94-61-55(42(76)34(25-87-61)93-57-46(80)44(78)51(33(24-71)92-57)96-58-47(81)52(85-9)39(73)30(21-68)89-58)98-56-45(79)43(77)50(27(3)88-56)95-60-49(83)54(41(75)32(23-70)91-60)97-59-48(82)53(86-10)40(74)31(22-69)90-59/h20,26-28,30-61,68-83H,11-19,21-25H2,1-10H3/t27-,28?,30-,31-,32-,33-,34-,35?,36?,37+,38+,39-,40-,41-,42+,43-,44-,45-,46-,47-,48-,49-,50-,51-,52+,53?,54?,55-,56+,57+,58?,59?,60+,61+,64-,65+,66+,67?/m1/s1. The number of rotatable bonds is 22. The molecule has 0 aromatic rings. The van der Waals surface area contributed by atoms with E-state index in [1.165, 1.54) is 21.1 Å². The molecule has 0 bridgehead atoms. The van der Waals surface area contributed by atoms with E-state index >= 15 is 0 Å². The van der Waals surface area contributed by atoms with Crippen LogP contribution in [0.25, 0.3) is 0 Å². The molecule has 99 heavy (non-hydrogen) atoms. The van der Waals surface area contributed by atoms with Crippen molar-refractivity contribution >= 4 is 5.97 Å². The summed E-state index contributed by atoms with van der Waals surface area (Å²) in [7, 11) is 2.37. The summed E-state index contributed by atoms with van der Waals surface area (Å²) in [4.78, 5) is 14.6. The van der Waals surface area contributed by atoms with E-state index in [9.17, 15) is 86.5 Å². The molecule has 0 aromatic carbocycles. The Balaban J connectivity index is 0.827. The van der Waals surface area contributed by atoms with Crippen molar-refractivity contribution in [2.75, 3.05) is 47.3 Å². The highest BCUT2D eigenvalue weighted by Crippen LogP contribution is 2.76. The van der Waals surface area contributed by atoms with Crippen LogP contribution in [0.5, 0.6) is 0 Å². The van der Waals surface area contributed by atoms with Crippen LogP contribution in [0.1, 0.15) is 113 Å². The Bertz CT molecular complexity index is 2730. The Labute approximate surface area is 575 Å². The minimum atomic E-state index is -2.07. The van der Waals surface area contributed by atoms with Crippen molar-refractivity contribution in [2.24, 2.45) is 45.3 Å². The molecule has 11 aliphatic rings. The summed E-state index contributed by atoms with van der Waals surface area (Å²) < 4.78 is 90.1. The second kappa shape index (κ2) is 30.3. The van der Waals surface area contributed by atoms with Gasteiger partial charge in [0.15, 0.2) is 37.7 Å². The Kier molecular flexibility index (Phi) is 23.9. The molecular formula is C67H110O32. The molecular weight excluding hydrogens is 1320 g/mol. The van der Waals surface area contributed by atoms with Crippen molar-refractivity contribution in [3.05, 3.63) is 11.6 Å². The highest BCUT2D eigenvalue weighted by Gasteiger charge is 2.79. The number of fused-ring (bicyclic) bond motifs is 4. The van der Waals surface area contributed by atoms with Crippen molar-refractivity contribution in [1.29, 1.82) is 0 Å². The number of aliphatic hydroxyl groups is 16. The first-order valence-corrected chi connectivity index (χ1v) is 35.2. The molecule has 1 spiro atoms. The van der Waals surface area contributed by atoms with Crippen molar-refractivity contribution in [1.82, 2.24) is 0 Å². The van der Waals surface area contributed by atoms with Gasteiger partial charge in [0.1, 0.15) is 145 Å². The summed E-state index contributed by atoms with van der Waals surface area (Å²) in [6, 6.07) is 0. The summed E-state index contributed by atoms with van der Waals surface area (Å²) in [6.45, 7) is 12.6. The highest BCUT2D eigenvalue weighted by atomic mass is 16.8. The highest BCUT2D eigenvalue weighted by molar-refractivity contribution is 5.84. The summed E-state index contributed by atoms with van der Waals surface area (Å²) in [5, 5.41) is 180. The van der Waals surface area contributed by atoms with Gasteiger partial charge in [-0.1, -0.05) is 59.6 Å². The van der Waals surface area contributed by atoms with E-state index in [0.29, 0.717) is 31.6 Å². The maximum absolute atomic E-state index is 14.6. The van der Waals surface area contributed by atoms with Crippen molar-refractivity contribution in [3.63, 3.8) is 0 Å². The van der Waals surface area contributed by atoms with Crippen molar-refractivity contribution in [2.45, 2.75) is 309 Å². The molecule has 570 valence electrons. The second-order valence-corrected chi connectivity index (χ2v) is 31.2. The Morgan fingerprint density at radius 1 is 0.505 bits per heavy atom. The largest absolute Gasteiger partial charge is 0.459 e. The fourth-order valence-corrected chi connectivity index (χ4v) is 19.4. The van der Waals surface area contributed by atoms with Gasteiger partial charge in [-0.15, -0.1) is 0 Å². The fourth-order valence-electron chi connectivity index (χ4n) is 19.4. The van der Waals surface area contributed by atoms with Crippen LogP contribution < -0.4 is 0 Å². The smallest absolute Gasteiger partial charge is 0.316 e. The molecule has 16 N–H and O–H groups in total. The molecule has 0 aromatic heterocycles. The summed E-state index contributed by atoms with van der Waals surface area (Å²) >= 11 is 0. The predicted molar refractivity (Wildman–Crippen MR) is 332 cm³/mol. The van der Waals surface area contributed by atoms with E-state index in [1.54, 1.807) is 0 Å². The molecule has 11 rings (SSSR count). The number of allylic oxidation sites excluding steroid dienone is 1. The first kappa shape index (κ1) is 78.1. The Hall–Kier alpha value is -1.99. The number of carbonyl (C=O) groups is 1. The molecule has 32 heteroatoms. The van der Waals surface area contributed by atoms with Gasteiger partial charge in [-0.05, 0) is 99.2 Å². The molecule has 7 saturated heterocycles. The Morgan fingerprint density at radius 3 is 1.56 bits per heavy atom. The quantitative estimate of drug-likeness (QED) is 0.0279. The van der Waals surface area contributed by atoms with Crippen molar-refractivity contribution < 1.29 is 158 Å². The SMILES string of the molecule is COC1[C@@H](O)C(OC2[C@@H](O)[C@H](O[C@H]3[C@H](O)[C@@H](O)[C@H](O[C@H]4[C@H](O[C@H]5CC[C@]6(C)C7=C[C@H](O)C89C(=O)O[C@@](C)(CCCC(C)C)C8CC[C@@]9(C)C7CCC6C5(C)C)OC[C@@H](O[C@@H]5O[C@H](CO)[C@@H](OC6O[C@H](CO)[C@@H](O)[C@H](OC)[C@H]6O)[C@H](O)[C@H]5O)[C@@H]4O)O[C@@H]3C)O[C@H](CO)[C@H]2O)O[C@H](CO)[C@H]1O. The number of ether oxygens (including phenoxy) is 15. The van der Waals surface area contributed by atoms with E-state index in [1.807, 2.05) is 13.0 Å². The first-order chi connectivity index (χ1) is 46.8. The van der Waals surface area contributed by atoms with Crippen molar-refractivity contribution in [3.8, 4) is 0 Å². The van der Waals surface area contributed by atoms with Crippen LogP contribution in [0.3, 0.4) is 0 Å². The lowest BCUT2D eigenvalue weighted by molar-refractivity contribution is -0.397. The van der Waals surface area contributed by atoms with Crippen LogP contribution >= 0.6 is 0 Å². The molecule has 0 amide bonds. The van der Waals surface area contributed by atoms with Gasteiger partial charge in [-0.2, -0.15) is 0 Å². The molecule has 8 unspecified atom stereocenters. The van der Waals surface area contributed by atoms with Crippen LogP contribution in [0.2, 0.25) is 0 Å². The number of carbonyl (C=O) groups excluding carboxylic acids is 1. The molecule has 0 radical (unpaired) electrons. The number of hydrogen-bond acceptors (Lipinski definition) is 32. The predicted octanol–water partition coefficient (Wildman–Crippen LogP) is -4.03. The minimum absolute atomic E-state index is 0.0337. The molecule has 7 heterocycles. The zero-order chi connectivity index (χ0) is 72.1. The summed E-state index contributed by atoms with van der Waals surface area (Å²) in [5.41, 5.74) is -2.49. The van der Waals surface area contributed by atoms with E-state index < -0.39 is 251 Å². The first-order valence-electron chi connectivity index (χ1n) is 35.2.